The summed E-state index contributed by atoms with van der Waals surface area (Å²) in [5, 5.41) is 8.22. The Morgan fingerprint density at radius 3 is 2.71 bits per heavy atom. The topological polar surface area (TPSA) is 68.5 Å². The van der Waals surface area contributed by atoms with Gasteiger partial charge in [-0.2, -0.15) is 0 Å². The lowest BCUT2D eigenvalue weighted by Gasteiger charge is -2.11. The average Bonchev–Trinajstić information content (AvgIpc) is 3.16. The molecule has 2 aromatic rings. The first-order chi connectivity index (χ1) is 10.2. The number of benzene rings is 1. The number of amides is 1. The van der Waals surface area contributed by atoms with E-state index in [1.165, 1.54) is 0 Å². The van der Waals surface area contributed by atoms with Gasteiger partial charge in [0.1, 0.15) is 5.75 Å². The smallest absolute Gasteiger partial charge is 0.247 e. The molecule has 1 amide bonds. The Labute approximate surface area is 122 Å². The maximum absolute atomic E-state index is 11.4. The van der Waals surface area contributed by atoms with Gasteiger partial charge in [-0.3, -0.25) is 4.79 Å². The van der Waals surface area contributed by atoms with Gasteiger partial charge in [0.15, 0.2) is 0 Å². The molecule has 6 nitrogen and oxygen atoms in total. The fourth-order valence-electron chi connectivity index (χ4n) is 2.50. The molecule has 1 atom stereocenters. The third-order valence-corrected chi connectivity index (χ3v) is 3.76. The second-order valence-corrected chi connectivity index (χ2v) is 5.12. The van der Waals surface area contributed by atoms with E-state index in [9.17, 15) is 4.79 Å². The van der Waals surface area contributed by atoms with Crippen molar-refractivity contribution in [2.75, 3.05) is 20.2 Å². The van der Waals surface area contributed by atoms with Crippen LogP contribution in [-0.4, -0.2) is 41.2 Å². The number of ether oxygens (including phenoxy) is 1. The summed E-state index contributed by atoms with van der Waals surface area (Å²) in [5.74, 6) is 2.10. The van der Waals surface area contributed by atoms with E-state index in [0.717, 1.165) is 24.3 Å². The Balaban J connectivity index is 1.75. The minimum atomic E-state index is 0.0902. The van der Waals surface area contributed by atoms with Crippen molar-refractivity contribution in [3.05, 3.63) is 30.2 Å². The van der Waals surface area contributed by atoms with Gasteiger partial charge in [0.2, 0.25) is 17.7 Å². The molecule has 0 bridgehead atoms. The van der Waals surface area contributed by atoms with Crippen LogP contribution in [-0.2, 0) is 4.79 Å². The van der Waals surface area contributed by atoms with Crippen molar-refractivity contribution in [2.24, 2.45) is 0 Å². The first-order valence-corrected chi connectivity index (χ1v) is 6.90. The van der Waals surface area contributed by atoms with Crippen LogP contribution in [0, 0.1) is 0 Å². The molecule has 1 aliphatic heterocycles. The molecule has 3 rings (SSSR count). The third kappa shape index (κ3) is 2.74. The van der Waals surface area contributed by atoms with Crippen LogP contribution in [0.5, 0.6) is 5.75 Å². The molecule has 1 unspecified atom stereocenters. The van der Waals surface area contributed by atoms with Crippen LogP contribution in [0.4, 0.5) is 0 Å². The van der Waals surface area contributed by atoms with Gasteiger partial charge in [-0.05, 0) is 30.7 Å². The monoisotopic (exact) mass is 287 g/mol. The van der Waals surface area contributed by atoms with Crippen LogP contribution < -0.4 is 4.74 Å². The van der Waals surface area contributed by atoms with Crippen molar-refractivity contribution >= 4 is 5.91 Å². The molecule has 1 fully saturated rings. The molecule has 110 valence electrons. The molecule has 21 heavy (non-hydrogen) atoms. The van der Waals surface area contributed by atoms with E-state index in [0.29, 0.717) is 18.3 Å². The minimum absolute atomic E-state index is 0.0902. The molecular formula is C15H17N3O3. The summed E-state index contributed by atoms with van der Waals surface area (Å²) in [7, 11) is 1.63. The Hall–Kier alpha value is -2.37. The standard InChI is InChI=1S/C15H17N3O3/c1-10(19)18-8-7-12(9-18)15-17-16-14(21-15)11-3-5-13(20-2)6-4-11/h3-6,12H,7-9H2,1-2H3. The van der Waals surface area contributed by atoms with Gasteiger partial charge < -0.3 is 14.1 Å². The zero-order chi connectivity index (χ0) is 14.8. The van der Waals surface area contributed by atoms with Gasteiger partial charge in [-0.25, -0.2) is 0 Å². The normalized spacial score (nSPS) is 18.0. The molecule has 0 N–H and O–H groups in total. The average molecular weight is 287 g/mol. The molecule has 1 aliphatic rings. The summed E-state index contributed by atoms with van der Waals surface area (Å²) < 4.78 is 10.9. The van der Waals surface area contributed by atoms with Crippen molar-refractivity contribution in [1.29, 1.82) is 0 Å². The van der Waals surface area contributed by atoms with Crippen molar-refractivity contribution in [3.8, 4) is 17.2 Å². The van der Waals surface area contributed by atoms with Crippen LogP contribution in [0.2, 0.25) is 0 Å². The number of carbonyl (C=O) groups excluding carboxylic acids is 1. The SMILES string of the molecule is COc1ccc(-c2nnc(C3CCN(C(C)=O)C3)o2)cc1. The van der Waals surface area contributed by atoms with Gasteiger partial charge in [-0.15, -0.1) is 10.2 Å². The number of likely N-dealkylation sites (tertiary alicyclic amines) is 1. The Kier molecular flexibility index (Phi) is 3.60. The lowest BCUT2D eigenvalue weighted by Crippen LogP contribution is -2.25. The van der Waals surface area contributed by atoms with Gasteiger partial charge in [0.25, 0.3) is 0 Å². The maximum Gasteiger partial charge on any atom is 0.247 e. The zero-order valence-corrected chi connectivity index (χ0v) is 12.1. The van der Waals surface area contributed by atoms with Crippen LogP contribution in [0.25, 0.3) is 11.5 Å². The van der Waals surface area contributed by atoms with Gasteiger partial charge in [0, 0.05) is 25.6 Å². The maximum atomic E-state index is 11.4. The van der Waals surface area contributed by atoms with E-state index in [4.69, 9.17) is 9.15 Å². The van der Waals surface area contributed by atoms with Crippen molar-refractivity contribution in [2.45, 2.75) is 19.3 Å². The molecule has 0 aliphatic carbocycles. The van der Waals surface area contributed by atoms with Crippen LogP contribution >= 0.6 is 0 Å². The predicted molar refractivity (Wildman–Crippen MR) is 75.9 cm³/mol. The Morgan fingerprint density at radius 2 is 2.10 bits per heavy atom. The van der Waals surface area contributed by atoms with E-state index >= 15 is 0 Å². The van der Waals surface area contributed by atoms with Crippen LogP contribution in [0.1, 0.15) is 25.2 Å². The van der Waals surface area contributed by atoms with E-state index in [1.54, 1.807) is 14.0 Å². The Morgan fingerprint density at radius 1 is 1.33 bits per heavy atom. The highest BCUT2D eigenvalue weighted by atomic mass is 16.5. The van der Waals surface area contributed by atoms with E-state index in [-0.39, 0.29) is 11.8 Å². The molecule has 0 spiro atoms. The highest BCUT2D eigenvalue weighted by Gasteiger charge is 2.29. The number of rotatable bonds is 3. The largest absolute Gasteiger partial charge is 0.497 e. The summed E-state index contributed by atoms with van der Waals surface area (Å²) in [4.78, 5) is 13.2. The van der Waals surface area contributed by atoms with Crippen LogP contribution in [0.3, 0.4) is 0 Å². The van der Waals surface area contributed by atoms with Gasteiger partial charge in [-0.1, -0.05) is 0 Å². The zero-order valence-electron chi connectivity index (χ0n) is 12.1. The van der Waals surface area contributed by atoms with Crippen LogP contribution in [0.15, 0.2) is 28.7 Å². The number of carbonyl (C=O) groups is 1. The quantitative estimate of drug-likeness (QED) is 0.864. The number of hydrogen-bond acceptors (Lipinski definition) is 5. The number of methoxy groups -OCH3 is 1. The molecule has 2 heterocycles. The third-order valence-electron chi connectivity index (χ3n) is 3.76. The lowest BCUT2D eigenvalue weighted by molar-refractivity contribution is -0.127. The highest BCUT2D eigenvalue weighted by Crippen LogP contribution is 2.29. The second-order valence-electron chi connectivity index (χ2n) is 5.12. The number of hydrogen-bond donors (Lipinski definition) is 0. The molecule has 0 radical (unpaired) electrons. The molecule has 1 saturated heterocycles. The Bertz CT molecular complexity index is 636. The van der Waals surface area contributed by atoms with E-state index < -0.39 is 0 Å². The van der Waals surface area contributed by atoms with E-state index in [2.05, 4.69) is 10.2 Å². The van der Waals surface area contributed by atoms with Gasteiger partial charge >= 0.3 is 0 Å². The summed E-state index contributed by atoms with van der Waals surface area (Å²) in [6.45, 7) is 2.98. The highest BCUT2D eigenvalue weighted by molar-refractivity contribution is 5.73. The summed E-state index contributed by atoms with van der Waals surface area (Å²) in [6.07, 6.45) is 0.865. The lowest BCUT2D eigenvalue weighted by atomic mass is 10.1. The second kappa shape index (κ2) is 5.55. The van der Waals surface area contributed by atoms with Crippen molar-refractivity contribution in [1.82, 2.24) is 15.1 Å². The predicted octanol–water partition coefficient (Wildman–Crippen LogP) is 2.08. The molecular weight excluding hydrogens is 270 g/mol. The number of aromatic nitrogens is 2. The summed E-state index contributed by atoms with van der Waals surface area (Å²) >= 11 is 0. The van der Waals surface area contributed by atoms with Crippen molar-refractivity contribution in [3.63, 3.8) is 0 Å². The summed E-state index contributed by atoms with van der Waals surface area (Å²) in [5.41, 5.74) is 0.857. The van der Waals surface area contributed by atoms with Crippen molar-refractivity contribution < 1.29 is 13.9 Å². The fourth-order valence-corrected chi connectivity index (χ4v) is 2.50. The fraction of sp³-hybridized carbons (Fsp3) is 0.400. The summed E-state index contributed by atoms with van der Waals surface area (Å²) in [6, 6.07) is 7.47. The molecule has 1 aromatic carbocycles. The molecule has 0 saturated carbocycles. The van der Waals surface area contributed by atoms with Gasteiger partial charge in [0.05, 0.1) is 13.0 Å². The number of nitrogens with zero attached hydrogens (tertiary/aromatic N) is 3. The molecule has 6 heteroatoms. The first-order valence-electron chi connectivity index (χ1n) is 6.90. The first kappa shape index (κ1) is 13.6. The molecule has 1 aromatic heterocycles. The minimum Gasteiger partial charge on any atom is -0.497 e. The van der Waals surface area contributed by atoms with E-state index in [1.807, 2.05) is 29.2 Å².